The minimum Gasteiger partial charge on any atom is -0.385 e. The monoisotopic (exact) mass is 195 g/mol. The summed E-state index contributed by atoms with van der Waals surface area (Å²) >= 11 is 0. The lowest BCUT2D eigenvalue weighted by Crippen LogP contribution is -2.62. The average Bonchev–Trinajstić information content (AvgIpc) is 2.35. The molecule has 0 saturated heterocycles. The van der Waals surface area contributed by atoms with Crippen LogP contribution in [0.5, 0.6) is 0 Å². The molecule has 4 nitrogen and oxygen atoms in total. The molecule has 1 unspecified atom stereocenters. The van der Waals surface area contributed by atoms with Gasteiger partial charge >= 0.3 is 6.03 Å². The third-order valence-corrected chi connectivity index (χ3v) is 3.74. The van der Waals surface area contributed by atoms with Gasteiger partial charge in [0.05, 0.1) is 0 Å². The van der Waals surface area contributed by atoms with Crippen molar-refractivity contribution in [1.82, 2.24) is 5.32 Å². The van der Waals surface area contributed by atoms with Gasteiger partial charge in [-0.2, -0.15) is 4.99 Å². The Morgan fingerprint density at radius 1 is 1.36 bits per heavy atom. The summed E-state index contributed by atoms with van der Waals surface area (Å²) in [6.45, 7) is 4.31. The zero-order chi connectivity index (χ0) is 10.4. The SMILES string of the molecule is CC1(C)CCCCC12NC(=O)N=C2N. The summed E-state index contributed by atoms with van der Waals surface area (Å²) in [7, 11) is 0. The molecule has 1 aliphatic carbocycles. The van der Waals surface area contributed by atoms with Gasteiger partial charge in [0, 0.05) is 0 Å². The standard InChI is InChI=1S/C10H17N3O/c1-9(2)5-3-4-6-10(9)7(11)12-8(14)13-10/h3-6H2,1-2H3,(H3,11,12,13,14). The van der Waals surface area contributed by atoms with Crippen LogP contribution in [0.15, 0.2) is 4.99 Å². The molecule has 3 N–H and O–H groups in total. The summed E-state index contributed by atoms with van der Waals surface area (Å²) in [4.78, 5) is 15.0. The van der Waals surface area contributed by atoms with Crippen molar-refractivity contribution in [2.75, 3.05) is 0 Å². The van der Waals surface area contributed by atoms with E-state index in [1.807, 2.05) is 0 Å². The number of hydrogen-bond acceptors (Lipinski definition) is 2. The molecule has 14 heavy (non-hydrogen) atoms. The van der Waals surface area contributed by atoms with Crippen LogP contribution in [0.3, 0.4) is 0 Å². The van der Waals surface area contributed by atoms with Gasteiger partial charge in [-0.1, -0.05) is 26.7 Å². The lowest BCUT2D eigenvalue weighted by molar-refractivity contribution is 0.133. The van der Waals surface area contributed by atoms with Gasteiger partial charge in [0.15, 0.2) is 0 Å². The van der Waals surface area contributed by atoms with Gasteiger partial charge in [0.1, 0.15) is 11.4 Å². The Hall–Kier alpha value is -1.06. The number of carbonyl (C=O) groups excluding carboxylic acids is 1. The van der Waals surface area contributed by atoms with Crippen LogP contribution in [0.25, 0.3) is 0 Å². The number of carbonyl (C=O) groups is 1. The molecule has 0 aromatic rings. The molecule has 0 bridgehead atoms. The fraction of sp³-hybridized carbons (Fsp3) is 0.800. The van der Waals surface area contributed by atoms with Gasteiger partial charge < -0.3 is 11.1 Å². The summed E-state index contributed by atoms with van der Waals surface area (Å²) < 4.78 is 0. The Labute approximate surface area is 84.0 Å². The molecule has 1 saturated carbocycles. The fourth-order valence-electron chi connectivity index (χ4n) is 2.69. The zero-order valence-corrected chi connectivity index (χ0v) is 8.76. The maximum Gasteiger partial charge on any atom is 0.343 e. The van der Waals surface area contributed by atoms with Gasteiger partial charge in [-0.15, -0.1) is 0 Å². The van der Waals surface area contributed by atoms with E-state index < -0.39 is 0 Å². The molecule has 1 aliphatic heterocycles. The first-order valence-electron chi connectivity index (χ1n) is 5.15. The number of hydrogen-bond donors (Lipinski definition) is 2. The van der Waals surface area contributed by atoms with E-state index in [2.05, 4.69) is 24.2 Å². The van der Waals surface area contributed by atoms with Crippen LogP contribution in [0.2, 0.25) is 0 Å². The van der Waals surface area contributed by atoms with Gasteiger partial charge in [-0.05, 0) is 18.3 Å². The number of amides is 2. The van der Waals surface area contributed by atoms with E-state index in [1.54, 1.807) is 0 Å². The van der Waals surface area contributed by atoms with Gasteiger partial charge in [-0.3, -0.25) is 0 Å². The van der Waals surface area contributed by atoms with Crippen molar-refractivity contribution in [3.05, 3.63) is 0 Å². The van der Waals surface area contributed by atoms with Crippen molar-refractivity contribution in [3.8, 4) is 0 Å². The molecule has 0 radical (unpaired) electrons. The van der Waals surface area contributed by atoms with Gasteiger partial charge in [-0.25, -0.2) is 4.79 Å². The number of urea groups is 1. The normalized spacial score (nSPS) is 35.6. The maximum atomic E-state index is 11.2. The first kappa shape index (κ1) is 9.49. The first-order chi connectivity index (χ1) is 6.48. The zero-order valence-electron chi connectivity index (χ0n) is 8.76. The first-order valence-corrected chi connectivity index (χ1v) is 5.15. The molecular weight excluding hydrogens is 178 g/mol. The van der Waals surface area contributed by atoms with Crippen LogP contribution in [-0.2, 0) is 0 Å². The van der Waals surface area contributed by atoms with E-state index in [1.165, 1.54) is 6.42 Å². The van der Waals surface area contributed by atoms with E-state index in [0.29, 0.717) is 5.84 Å². The third kappa shape index (κ3) is 1.06. The lowest BCUT2D eigenvalue weighted by Gasteiger charge is -2.47. The van der Waals surface area contributed by atoms with Crippen molar-refractivity contribution in [2.45, 2.75) is 45.1 Å². The summed E-state index contributed by atoms with van der Waals surface area (Å²) in [6, 6.07) is -0.280. The highest BCUT2D eigenvalue weighted by Gasteiger charge is 2.53. The Balaban J connectivity index is 2.39. The minimum atomic E-state index is -0.373. The van der Waals surface area contributed by atoms with Crippen LogP contribution in [0.1, 0.15) is 39.5 Å². The Bertz CT molecular complexity index is 308. The molecule has 2 rings (SSSR count). The average molecular weight is 195 g/mol. The molecule has 1 spiro atoms. The third-order valence-electron chi connectivity index (χ3n) is 3.74. The molecule has 0 aromatic heterocycles. The molecule has 0 aromatic carbocycles. The Morgan fingerprint density at radius 2 is 2.00 bits per heavy atom. The molecule has 1 heterocycles. The maximum absolute atomic E-state index is 11.2. The Kier molecular flexibility index (Phi) is 1.84. The second kappa shape index (κ2) is 2.72. The highest BCUT2D eigenvalue weighted by molar-refractivity contribution is 6.06. The second-order valence-electron chi connectivity index (χ2n) is 4.92. The number of nitrogens with two attached hydrogens (primary N) is 1. The minimum absolute atomic E-state index is 0.0188. The Morgan fingerprint density at radius 3 is 2.50 bits per heavy atom. The number of nitrogens with zero attached hydrogens (tertiary/aromatic N) is 1. The smallest absolute Gasteiger partial charge is 0.343 e. The number of aliphatic imine (C=N–C) groups is 1. The quantitative estimate of drug-likeness (QED) is 0.613. The highest BCUT2D eigenvalue weighted by Crippen LogP contribution is 2.45. The topological polar surface area (TPSA) is 67.5 Å². The number of nitrogens with one attached hydrogen (secondary N) is 1. The van der Waals surface area contributed by atoms with E-state index in [9.17, 15) is 4.79 Å². The summed E-state index contributed by atoms with van der Waals surface area (Å²) in [5, 5.41) is 2.94. The molecule has 1 atom stereocenters. The fourth-order valence-corrected chi connectivity index (χ4v) is 2.69. The van der Waals surface area contributed by atoms with Gasteiger partial charge in [0.2, 0.25) is 0 Å². The molecule has 1 fully saturated rings. The molecule has 78 valence electrons. The van der Waals surface area contributed by atoms with Crippen LogP contribution < -0.4 is 11.1 Å². The molecule has 2 aliphatic rings. The largest absolute Gasteiger partial charge is 0.385 e. The van der Waals surface area contributed by atoms with Crippen LogP contribution in [0, 0.1) is 5.41 Å². The lowest BCUT2D eigenvalue weighted by atomic mass is 9.63. The van der Waals surface area contributed by atoms with Gasteiger partial charge in [0.25, 0.3) is 0 Å². The number of rotatable bonds is 0. The van der Waals surface area contributed by atoms with Crippen molar-refractivity contribution >= 4 is 11.9 Å². The number of amidine groups is 1. The predicted molar refractivity (Wildman–Crippen MR) is 55.1 cm³/mol. The molecular formula is C10H17N3O. The van der Waals surface area contributed by atoms with Crippen molar-refractivity contribution in [3.63, 3.8) is 0 Å². The predicted octanol–water partition coefficient (Wildman–Crippen LogP) is 1.41. The van der Waals surface area contributed by atoms with E-state index >= 15 is 0 Å². The van der Waals surface area contributed by atoms with Crippen molar-refractivity contribution < 1.29 is 4.79 Å². The van der Waals surface area contributed by atoms with Crippen molar-refractivity contribution in [1.29, 1.82) is 0 Å². The van der Waals surface area contributed by atoms with Crippen molar-refractivity contribution in [2.24, 2.45) is 16.1 Å². The van der Waals surface area contributed by atoms with Crippen LogP contribution in [0.4, 0.5) is 4.79 Å². The second-order valence-corrected chi connectivity index (χ2v) is 4.92. The van der Waals surface area contributed by atoms with E-state index in [4.69, 9.17) is 5.73 Å². The van der Waals surface area contributed by atoms with E-state index in [0.717, 1.165) is 19.3 Å². The summed E-state index contributed by atoms with van der Waals surface area (Å²) in [6.07, 6.45) is 4.32. The summed E-state index contributed by atoms with van der Waals surface area (Å²) in [5.74, 6) is 0.479. The van der Waals surface area contributed by atoms with Crippen LogP contribution in [-0.4, -0.2) is 17.4 Å². The van der Waals surface area contributed by atoms with Crippen LogP contribution >= 0.6 is 0 Å². The molecule has 2 amide bonds. The highest BCUT2D eigenvalue weighted by atomic mass is 16.2. The van der Waals surface area contributed by atoms with E-state index in [-0.39, 0.29) is 17.0 Å². The summed E-state index contributed by atoms with van der Waals surface area (Å²) in [5.41, 5.74) is 5.52. The molecule has 4 heteroatoms.